The lowest BCUT2D eigenvalue weighted by atomic mass is 10.1. The Morgan fingerprint density at radius 2 is 2.15 bits per heavy atom. The van der Waals surface area contributed by atoms with Gasteiger partial charge in [-0.25, -0.2) is 4.98 Å². The zero-order valence-corrected chi connectivity index (χ0v) is 12.3. The largest absolute Gasteiger partial charge is 0.351 e. The molecular formula is C15H19N3OS. The second-order valence-corrected chi connectivity index (χ2v) is 5.50. The molecule has 0 bridgehead atoms. The Bertz CT molecular complexity index is 527. The number of hydrogen-bond acceptors (Lipinski definition) is 3. The van der Waals surface area contributed by atoms with Crippen LogP contribution in [0.5, 0.6) is 0 Å². The summed E-state index contributed by atoms with van der Waals surface area (Å²) in [6.07, 6.45) is 5.98. The molecule has 20 heavy (non-hydrogen) atoms. The van der Waals surface area contributed by atoms with Gasteiger partial charge in [-0.1, -0.05) is 30.3 Å². The molecule has 2 aromatic rings. The number of rotatable bonds is 6. The second kappa shape index (κ2) is 7.14. The summed E-state index contributed by atoms with van der Waals surface area (Å²) >= 11 is 4.39. The van der Waals surface area contributed by atoms with Crippen molar-refractivity contribution in [3.05, 3.63) is 54.6 Å². The fourth-order valence-corrected chi connectivity index (χ4v) is 2.31. The lowest BCUT2D eigenvalue weighted by molar-refractivity contribution is -0.121. The third-order valence-electron chi connectivity index (χ3n) is 3.01. The standard InChI is InChI=1S/C15H19N3OS/c1-12(10-18-8-7-16-11-18)17-15(19)14(20)9-13-5-3-2-4-6-13/h2-8,11-12,14,20H,9-10H2,1H3,(H,17,19). The Kier molecular flexibility index (Phi) is 5.24. The number of aromatic nitrogens is 2. The van der Waals surface area contributed by atoms with Crippen molar-refractivity contribution < 1.29 is 4.79 Å². The van der Waals surface area contributed by atoms with Crippen LogP contribution in [0.4, 0.5) is 0 Å². The van der Waals surface area contributed by atoms with Gasteiger partial charge >= 0.3 is 0 Å². The van der Waals surface area contributed by atoms with Gasteiger partial charge in [0.2, 0.25) is 5.91 Å². The van der Waals surface area contributed by atoms with E-state index < -0.39 is 0 Å². The molecule has 1 aromatic heterocycles. The van der Waals surface area contributed by atoms with Crippen LogP contribution in [0.15, 0.2) is 49.1 Å². The highest BCUT2D eigenvalue weighted by Gasteiger charge is 2.16. The number of nitrogens with one attached hydrogen (secondary N) is 1. The summed E-state index contributed by atoms with van der Waals surface area (Å²) in [7, 11) is 0. The van der Waals surface area contributed by atoms with E-state index in [1.807, 2.05) is 48.0 Å². The maximum atomic E-state index is 12.1. The number of carbonyl (C=O) groups is 1. The molecule has 0 aliphatic rings. The molecule has 0 fully saturated rings. The van der Waals surface area contributed by atoms with E-state index in [1.54, 1.807) is 12.5 Å². The maximum absolute atomic E-state index is 12.1. The molecule has 0 radical (unpaired) electrons. The van der Waals surface area contributed by atoms with Crippen molar-refractivity contribution in [2.75, 3.05) is 0 Å². The van der Waals surface area contributed by atoms with Crippen LogP contribution >= 0.6 is 12.6 Å². The van der Waals surface area contributed by atoms with Gasteiger partial charge in [0.1, 0.15) is 0 Å². The minimum atomic E-state index is -0.331. The molecule has 0 saturated heterocycles. The van der Waals surface area contributed by atoms with Crippen molar-refractivity contribution >= 4 is 18.5 Å². The lowest BCUT2D eigenvalue weighted by Crippen LogP contribution is -2.40. The van der Waals surface area contributed by atoms with Crippen LogP contribution in [-0.2, 0) is 17.8 Å². The molecule has 5 heteroatoms. The Morgan fingerprint density at radius 1 is 1.40 bits per heavy atom. The van der Waals surface area contributed by atoms with Gasteiger partial charge in [0.15, 0.2) is 0 Å². The molecule has 1 heterocycles. The van der Waals surface area contributed by atoms with Crippen LogP contribution in [0, 0.1) is 0 Å². The van der Waals surface area contributed by atoms with Crippen LogP contribution in [0.3, 0.4) is 0 Å². The zero-order valence-electron chi connectivity index (χ0n) is 11.4. The van der Waals surface area contributed by atoms with Crippen LogP contribution in [0.2, 0.25) is 0 Å². The van der Waals surface area contributed by atoms with Gasteiger partial charge in [-0.05, 0) is 18.9 Å². The first-order chi connectivity index (χ1) is 9.65. The predicted octanol–water partition coefficient (Wildman–Crippen LogP) is 1.93. The van der Waals surface area contributed by atoms with Crippen molar-refractivity contribution in [3.63, 3.8) is 0 Å². The summed E-state index contributed by atoms with van der Waals surface area (Å²) in [5, 5.41) is 2.64. The fourth-order valence-electron chi connectivity index (χ4n) is 2.03. The SMILES string of the molecule is CC(Cn1ccnc1)NC(=O)C(S)Cc1ccccc1. The fraction of sp³-hybridized carbons (Fsp3) is 0.333. The summed E-state index contributed by atoms with van der Waals surface area (Å²) in [6.45, 7) is 2.68. The Balaban J connectivity index is 1.81. The van der Waals surface area contributed by atoms with Crippen molar-refractivity contribution in [1.82, 2.24) is 14.9 Å². The summed E-state index contributed by atoms with van der Waals surface area (Å²) < 4.78 is 1.94. The average molecular weight is 289 g/mol. The molecule has 2 rings (SSSR count). The zero-order chi connectivity index (χ0) is 14.4. The molecule has 1 amide bonds. The smallest absolute Gasteiger partial charge is 0.233 e. The highest BCUT2D eigenvalue weighted by Crippen LogP contribution is 2.08. The van der Waals surface area contributed by atoms with Crippen LogP contribution in [0.1, 0.15) is 12.5 Å². The van der Waals surface area contributed by atoms with Crippen molar-refractivity contribution in [2.24, 2.45) is 0 Å². The highest BCUT2D eigenvalue weighted by atomic mass is 32.1. The predicted molar refractivity (Wildman–Crippen MR) is 82.8 cm³/mol. The van der Waals surface area contributed by atoms with E-state index >= 15 is 0 Å². The molecule has 0 aliphatic heterocycles. The lowest BCUT2D eigenvalue weighted by Gasteiger charge is -2.17. The summed E-state index contributed by atoms with van der Waals surface area (Å²) in [4.78, 5) is 16.1. The van der Waals surface area contributed by atoms with Gasteiger partial charge < -0.3 is 9.88 Å². The topological polar surface area (TPSA) is 46.9 Å². The molecular weight excluding hydrogens is 270 g/mol. The van der Waals surface area contributed by atoms with Crippen molar-refractivity contribution in [1.29, 1.82) is 0 Å². The Morgan fingerprint density at radius 3 is 2.80 bits per heavy atom. The van der Waals surface area contributed by atoms with Gasteiger partial charge in [-0.3, -0.25) is 4.79 Å². The molecule has 106 valence electrons. The van der Waals surface area contributed by atoms with Gasteiger partial charge in [0.05, 0.1) is 11.6 Å². The van der Waals surface area contributed by atoms with Crippen LogP contribution in [-0.4, -0.2) is 26.8 Å². The number of nitrogens with zero attached hydrogens (tertiary/aromatic N) is 2. The van der Waals surface area contributed by atoms with Gasteiger partial charge in [-0.2, -0.15) is 12.6 Å². The minimum Gasteiger partial charge on any atom is -0.351 e. The molecule has 2 atom stereocenters. The molecule has 0 spiro atoms. The van der Waals surface area contributed by atoms with E-state index in [1.165, 1.54) is 0 Å². The first-order valence-corrected chi connectivity index (χ1v) is 7.15. The van der Waals surface area contributed by atoms with Gasteiger partial charge in [-0.15, -0.1) is 0 Å². The van der Waals surface area contributed by atoms with Crippen molar-refractivity contribution in [3.8, 4) is 0 Å². The summed E-state index contributed by atoms with van der Waals surface area (Å²) in [5.74, 6) is -0.0372. The number of carbonyl (C=O) groups excluding carboxylic acids is 1. The Hall–Kier alpha value is -1.75. The second-order valence-electron chi connectivity index (χ2n) is 4.87. The van der Waals surface area contributed by atoms with E-state index in [0.717, 1.165) is 5.56 Å². The normalized spacial score (nSPS) is 13.7. The number of benzene rings is 1. The number of hydrogen-bond donors (Lipinski definition) is 2. The number of amides is 1. The molecule has 2 unspecified atom stereocenters. The van der Waals surface area contributed by atoms with E-state index in [0.29, 0.717) is 13.0 Å². The maximum Gasteiger partial charge on any atom is 0.233 e. The molecule has 1 N–H and O–H groups in total. The summed E-state index contributed by atoms with van der Waals surface area (Å²) in [6, 6.07) is 9.95. The van der Waals surface area contributed by atoms with Gasteiger partial charge in [0.25, 0.3) is 0 Å². The van der Waals surface area contributed by atoms with E-state index in [-0.39, 0.29) is 17.2 Å². The molecule has 1 aromatic carbocycles. The summed E-state index contributed by atoms with van der Waals surface area (Å²) in [5.41, 5.74) is 1.12. The number of imidazole rings is 1. The Labute approximate surface area is 124 Å². The highest BCUT2D eigenvalue weighted by molar-refractivity contribution is 7.81. The third-order valence-corrected chi connectivity index (χ3v) is 3.42. The molecule has 0 saturated carbocycles. The van der Waals surface area contributed by atoms with E-state index in [9.17, 15) is 4.79 Å². The first kappa shape index (κ1) is 14.7. The first-order valence-electron chi connectivity index (χ1n) is 6.63. The van der Waals surface area contributed by atoms with E-state index in [2.05, 4.69) is 22.9 Å². The van der Waals surface area contributed by atoms with E-state index in [4.69, 9.17) is 0 Å². The minimum absolute atomic E-state index is 0.0372. The van der Waals surface area contributed by atoms with Crippen LogP contribution in [0.25, 0.3) is 0 Å². The third kappa shape index (κ3) is 4.42. The molecule has 0 aliphatic carbocycles. The molecule has 4 nitrogen and oxygen atoms in total. The number of thiol groups is 1. The van der Waals surface area contributed by atoms with Crippen molar-refractivity contribution in [2.45, 2.75) is 31.2 Å². The monoisotopic (exact) mass is 289 g/mol. The van der Waals surface area contributed by atoms with Crippen LogP contribution < -0.4 is 5.32 Å². The average Bonchev–Trinajstić information content (AvgIpc) is 2.92. The van der Waals surface area contributed by atoms with Gasteiger partial charge in [0, 0.05) is 25.0 Å². The quantitative estimate of drug-likeness (QED) is 0.798.